The van der Waals surface area contributed by atoms with Crippen LogP contribution in [0.1, 0.15) is 23.1 Å². The first-order chi connectivity index (χ1) is 7.59. The second kappa shape index (κ2) is 4.19. The SMILES string of the molecule is Cc1cnc(C(N)c2c(Cl)cnn2C)nc1. The van der Waals surface area contributed by atoms with Crippen LogP contribution in [0.2, 0.25) is 5.02 Å². The van der Waals surface area contributed by atoms with Gasteiger partial charge in [-0.2, -0.15) is 5.10 Å². The number of hydrogen-bond acceptors (Lipinski definition) is 4. The van der Waals surface area contributed by atoms with E-state index >= 15 is 0 Å². The van der Waals surface area contributed by atoms with Crippen molar-refractivity contribution >= 4 is 11.6 Å². The van der Waals surface area contributed by atoms with Crippen LogP contribution in [0.15, 0.2) is 18.6 Å². The highest BCUT2D eigenvalue weighted by atomic mass is 35.5. The fourth-order valence-electron chi connectivity index (χ4n) is 1.46. The number of aryl methyl sites for hydroxylation is 2. The van der Waals surface area contributed by atoms with E-state index in [0.29, 0.717) is 16.5 Å². The van der Waals surface area contributed by atoms with Crippen LogP contribution < -0.4 is 5.73 Å². The topological polar surface area (TPSA) is 69.6 Å². The molecule has 84 valence electrons. The maximum atomic E-state index is 6.04. The number of nitrogens with two attached hydrogens (primary N) is 1. The van der Waals surface area contributed by atoms with Gasteiger partial charge in [-0.1, -0.05) is 11.6 Å². The summed E-state index contributed by atoms with van der Waals surface area (Å²) in [5.41, 5.74) is 7.75. The third-order valence-corrected chi connectivity index (χ3v) is 2.60. The lowest BCUT2D eigenvalue weighted by Crippen LogP contribution is -2.19. The molecule has 0 saturated heterocycles. The first kappa shape index (κ1) is 11.0. The third-order valence-electron chi connectivity index (χ3n) is 2.31. The Labute approximate surface area is 98.3 Å². The molecule has 0 aliphatic rings. The lowest BCUT2D eigenvalue weighted by molar-refractivity contribution is 0.650. The smallest absolute Gasteiger partial charge is 0.151 e. The molecule has 1 unspecified atom stereocenters. The average molecular weight is 238 g/mol. The molecule has 16 heavy (non-hydrogen) atoms. The molecule has 0 aromatic carbocycles. The maximum absolute atomic E-state index is 6.04. The van der Waals surface area contributed by atoms with Crippen molar-refractivity contribution in [1.82, 2.24) is 19.7 Å². The highest BCUT2D eigenvalue weighted by molar-refractivity contribution is 6.31. The summed E-state index contributed by atoms with van der Waals surface area (Å²) in [7, 11) is 1.79. The van der Waals surface area contributed by atoms with Crippen molar-refractivity contribution in [3.63, 3.8) is 0 Å². The van der Waals surface area contributed by atoms with Crippen LogP contribution in [0.25, 0.3) is 0 Å². The van der Waals surface area contributed by atoms with Crippen LogP contribution in [-0.2, 0) is 7.05 Å². The van der Waals surface area contributed by atoms with Gasteiger partial charge in [0.25, 0.3) is 0 Å². The number of halogens is 1. The molecule has 6 heteroatoms. The summed E-state index contributed by atoms with van der Waals surface area (Å²) in [6, 6.07) is -0.458. The Hall–Kier alpha value is -1.46. The van der Waals surface area contributed by atoms with Gasteiger partial charge in [-0.15, -0.1) is 0 Å². The minimum absolute atomic E-state index is 0.458. The van der Waals surface area contributed by atoms with E-state index in [1.54, 1.807) is 30.3 Å². The van der Waals surface area contributed by atoms with Gasteiger partial charge in [-0.05, 0) is 12.5 Å². The molecule has 0 aliphatic carbocycles. The molecular formula is C10H12ClN5. The predicted octanol–water partition coefficient (Wildman–Crippen LogP) is 1.22. The van der Waals surface area contributed by atoms with Crippen molar-refractivity contribution < 1.29 is 0 Å². The van der Waals surface area contributed by atoms with Gasteiger partial charge in [0.05, 0.1) is 16.9 Å². The molecular weight excluding hydrogens is 226 g/mol. The van der Waals surface area contributed by atoms with Crippen molar-refractivity contribution in [3.8, 4) is 0 Å². The minimum Gasteiger partial charge on any atom is -0.316 e. The van der Waals surface area contributed by atoms with Crippen LogP contribution in [-0.4, -0.2) is 19.7 Å². The molecule has 5 nitrogen and oxygen atoms in total. The van der Waals surface area contributed by atoms with E-state index in [9.17, 15) is 0 Å². The van der Waals surface area contributed by atoms with Gasteiger partial charge < -0.3 is 5.73 Å². The van der Waals surface area contributed by atoms with E-state index in [1.165, 1.54) is 0 Å². The summed E-state index contributed by atoms with van der Waals surface area (Å²) in [6.07, 6.45) is 5.02. The van der Waals surface area contributed by atoms with Crippen molar-refractivity contribution in [2.75, 3.05) is 0 Å². The Bertz CT molecular complexity index is 471. The van der Waals surface area contributed by atoms with Crippen molar-refractivity contribution in [2.24, 2.45) is 12.8 Å². The zero-order valence-electron chi connectivity index (χ0n) is 9.05. The Balaban J connectivity index is 2.39. The summed E-state index contributed by atoms with van der Waals surface area (Å²) in [5, 5.41) is 4.56. The van der Waals surface area contributed by atoms with Crippen LogP contribution in [0.5, 0.6) is 0 Å². The molecule has 0 saturated carbocycles. The van der Waals surface area contributed by atoms with E-state index < -0.39 is 6.04 Å². The van der Waals surface area contributed by atoms with E-state index in [2.05, 4.69) is 15.1 Å². The van der Waals surface area contributed by atoms with Gasteiger partial charge in [0.1, 0.15) is 6.04 Å². The van der Waals surface area contributed by atoms with Crippen molar-refractivity contribution in [2.45, 2.75) is 13.0 Å². The molecule has 0 fully saturated rings. The van der Waals surface area contributed by atoms with Gasteiger partial charge in [-0.25, -0.2) is 9.97 Å². The van der Waals surface area contributed by atoms with Crippen LogP contribution in [0.4, 0.5) is 0 Å². The Morgan fingerprint density at radius 1 is 1.31 bits per heavy atom. The maximum Gasteiger partial charge on any atom is 0.151 e. The predicted molar refractivity (Wildman–Crippen MR) is 61.0 cm³/mol. The van der Waals surface area contributed by atoms with Gasteiger partial charge in [-0.3, -0.25) is 4.68 Å². The van der Waals surface area contributed by atoms with Gasteiger partial charge in [0, 0.05) is 19.4 Å². The fourth-order valence-corrected chi connectivity index (χ4v) is 1.74. The summed E-state index contributed by atoms with van der Waals surface area (Å²) >= 11 is 6.00. The monoisotopic (exact) mass is 237 g/mol. The number of nitrogens with zero attached hydrogens (tertiary/aromatic N) is 4. The number of aromatic nitrogens is 4. The molecule has 0 radical (unpaired) electrons. The van der Waals surface area contributed by atoms with E-state index in [-0.39, 0.29) is 0 Å². The summed E-state index contributed by atoms with van der Waals surface area (Å²) in [5.74, 6) is 0.538. The number of rotatable bonds is 2. The van der Waals surface area contributed by atoms with E-state index in [4.69, 9.17) is 17.3 Å². The van der Waals surface area contributed by atoms with Crippen molar-refractivity contribution in [1.29, 1.82) is 0 Å². The van der Waals surface area contributed by atoms with Gasteiger partial charge >= 0.3 is 0 Å². The highest BCUT2D eigenvalue weighted by Crippen LogP contribution is 2.23. The number of hydrogen-bond donors (Lipinski definition) is 1. The molecule has 2 heterocycles. The van der Waals surface area contributed by atoms with E-state index in [0.717, 1.165) is 5.56 Å². The highest BCUT2D eigenvalue weighted by Gasteiger charge is 2.19. The van der Waals surface area contributed by atoms with Crippen LogP contribution >= 0.6 is 11.6 Å². The lowest BCUT2D eigenvalue weighted by atomic mass is 10.2. The zero-order valence-corrected chi connectivity index (χ0v) is 9.81. The second-order valence-electron chi connectivity index (χ2n) is 3.60. The first-order valence-electron chi connectivity index (χ1n) is 4.81. The van der Waals surface area contributed by atoms with E-state index in [1.807, 2.05) is 6.92 Å². The van der Waals surface area contributed by atoms with Crippen LogP contribution in [0, 0.1) is 6.92 Å². The quantitative estimate of drug-likeness (QED) is 0.853. The largest absolute Gasteiger partial charge is 0.316 e. The summed E-state index contributed by atoms with van der Waals surface area (Å²) in [6.45, 7) is 1.92. The molecule has 2 aromatic rings. The Morgan fingerprint density at radius 2 is 1.94 bits per heavy atom. The lowest BCUT2D eigenvalue weighted by Gasteiger charge is -2.11. The first-order valence-corrected chi connectivity index (χ1v) is 5.19. The molecule has 0 amide bonds. The standard InChI is InChI=1S/C10H12ClN5/c1-6-3-13-10(14-4-6)8(12)9-7(11)5-15-16(9)2/h3-5,8H,12H2,1-2H3. The van der Waals surface area contributed by atoms with Crippen molar-refractivity contribution in [3.05, 3.63) is 40.7 Å². The molecule has 2 N–H and O–H groups in total. The molecule has 0 spiro atoms. The Kier molecular flexibility index (Phi) is 2.89. The third kappa shape index (κ3) is 1.91. The molecule has 1 atom stereocenters. The molecule has 2 aromatic heterocycles. The summed E-state index contributed by atoms with van der Waals surface area (Å²) < 4.78 is 1.64. The molecule has 0 bridgehead atoms. The van der Waals surface area contributed by atoms with Crippen LogP contribution in [0.3, 0.4) is 0 Å². The summed E-state index contributed by atoms with van der Waals surface area (Å²) in [4.78, 5) is 8.36. The Morgan fingerprint density at radius 3 is 2.44 bits per heavy atom. The fraction of sp³-hybridized carbons (Fsp3) is 0.300. The zero-order chi connectivity index (χ0) is 11.7. The average Bonchev–Trinajstić information content (AvgIpc) is 2.59. The second-order valence-corrected chi connectivity index (χ2v) is 4.00. The molecule has 2 rings (SSSR count). The van der Waals surface area contributed by atoms with Gasteiger partial charge in [0.15, 0.2) is 5.82 Å². The normalized spacial score (nSPS) is 12.8. The molecule has 0 aliphatic heterocycles. The minimum atomic E-state index is -0.458. The van der Waals surface area contributed by atoms with Gasteiger partial charge in [0.2, 0.25) is 0 Å².